The van der Waals surface area contributed by atoms with Crippen molar-refractivity contribution < 1.29 is 13.6 Å². The zero-order valence-corrected chi connectivity index (χ0v) is 16.1. The maximum absolute atomic E-state index is 12.3. The minimum atomic E-state index is -0.247. The van der Waals surface area contributed by atoms with Gasteiger partial charge in [0, 0.05) is 12.1 Å². The first-order valence-corrected chi connectivity index (χ1v) is 9.10. The molecule has 27 heavy (non-hydrogen) atoms. The first-order valence-electron chi connectivity index (χ1n) is 9.10. The van der Waals surface area contributed by atoms with Crippen LogP contribution in [0.15, 0.2) is 69.7 Å². The van der Waals surface area contributed by atoms with E-state index < -0.39 is 0 Å². The van der Waals surface area contributed by atoms with Crippen LogP contribution in [0.2, 0.25) is 0 Å². The molecule has 0 unspecified atom stereocenters. The molecule has 2 aromatic heterocycles. The highest BCUT2D eigenvalue weighted by atomic mass is 16.4. The summed E-state index contributed by atoms with van der Waals surface area (Å²) in [5.41, 5.74) is 1.21. The van der Waals surface area contributed by atoms with Crippen molar-refractivity contribution in [2.24, 2.45) is 0 Å². The highest BCUT2D eigenvalue weighted by molar-refractivity contribution is 5.91. The number of furan rings is 2. The quantitative estimate of drug-likeness (QED) is 0.664. The summed E-state index contributed by atoms with van der Waals surface area (Å²) in [6.07, 6.45) is 1.58. The van der Waals surface area contributed by atoms with E-state index in [9.17, 15) is 4.79 Å². The van der Waals surface area contributed by atoms with Crippen molar-refractivity contribution in [3.8, 4) is 0 Å². The van der Waals surface area contributed by atoms with Gasteiger partial charge in [-0.1, -0.05) is 30.3 Å². The Morgan fingerprint density at radius 2 is 1.74 bits per heavy atom. The summed E-state index contributed by atoms with van der Waals surface area (Å²) in [5.74, 6) is 1.54. The molecule has 0 saturated carbocycles. The maximum Gasteiger partial charge on any atom is 0.287 e. The van der Waals surface area contributed by atoms with Crippen molar-refractivity contribution in [2.75, 3.05) is 0 Å². The first-order chi connectivity index (χ1) is 12.9. The number of carbonyl (C=O) groups is 1. The van der Waals surface area contributed by atoms with Gasteiger partial charge in [0.25, 0.3) is 5.91 Å². The lowest BCUT2D eigenvalue weighted by Gasteiger charge is -2.35. The van der Waals surface area contributed by atoms with E-state index in [0.717, 1.165) is 12.3 Å². The Bertz CT molecular complexity index is 845. The molecule has 0 bridgehead atoms. The standard InChI is InChI=1S/C22H26N2O3/c1-22(2,3)24(15-17-8-5-4-6-9-17)16-19-11-12-20(27-19)21(25)23-14-18-10-7-13-26-18/h4-13H,14-16H2,1-3H3,(H,23,25). The van der Waals surface area contributed by atoms with Crippen LogP contribution in [0.5, 0.6) is 0 Å². The van der Waals surface area contributed by atoms with Gasteiger partial charge in [0.15, 0.2) is 5.76 Å². The van der Waals surface area contributed by atoms with E-state index in [1.807, 2.05) is 30.3 Å². The zero-order chi connectivity index (χ0) is 19.3. The van der Waals surface area contributed by atoms with Crippen LogP contribution >= 0.6 is 0 Å². The summed E-state index contributed by atoms with van der Waals surface area (Å²) < 4.78 is 11.0. The molecular formula is C22H26N2O3. The van der Waals surface area contributed by atoms with Gasteiger partial charge >= 0.3 is 0 Å². The van der Waals surface area contributed by atoms with E-state index in [1.54, 1.807) is 18.4 Å². The fourth-order valence-corrected chi connectivity index (χ4v) is 2.77. The molecule has 5 heteroatoms. The third kappa shape index (κ3) is 5.34. The smallest absolute Gasteiger partial charge is 0.287 e. The van der Waals surface area contributed by atoms with E-state index >= 15 is 0 Å². The molecule has 0 aliphatic heterocycles. The van der Waals surface area contributed by atoms with E-state index in [1.165, 1.54) is 5.56 Å². The monoisotopic (exact) mass is 366 g/mol. The van der Waals surface area contributed by atoms with E-state index in [4.69, 9.17) is 8.83 Å². The lowest BCUT2D eigenvalue weighted by molar-refractivity contribution is 0.0901. The van der Waals surface area contributed by atoms with Crippen LogP contribution in [0.1, 0.15) is 48.4 Å². The fraction of sp³-hybridized carbons (Fsp3) is 0.318. The topological polar surface area (TPSA) is 58.6 Å². The number of benzene rings is 1. The molecule has 142 valence electrons. The van der Waals surface area contributed by atoms with Crippen LogP contribution in [0.3, 0.4) is 0 Å². The second-order valence-electron chi connectivity index (χ2n) is 7.54. The van der Waals surface area contributed by atoms with Crippen LogP contribution in [0.25, 0.3) is 0 Å². The number of nitrogens with zero attached hydrogens (tertiary/aromatic N) is 1. The minimum Gasteiger partial charge on any atom is -0.467 e. The average molecular weight is 366 g/mol. The van der Waals surface area contributed by atoms with Gasteiger partial charge in [0.2, 0.25) is 0 Å². The summed E-state index contributed by atoms with van der Waals surface area (Å²) in [5, 5.41) is 2.80. The largest absolute Gasteiger partial charge is 0.467 e. The van der Waals surface area contributed by atoms with Gasteiger partial charge < -0.3 is 14.2 Å². The number of carbonyl (C=O) groups excluding carboxylic acids is 1. The SMILES string of the molecule is CC(C)(C)N(Cc1ccccc1)Cc1ccc(C(=O)NCc2ccco2)o1. The van der Waals surface area contributed by atoms with E-state index in [0.29, 0.717) is 24.6 Å². The van der Waals surface area contributed by atoms with E-state index in [2.05, 4.69) is 43.1 Å². The van der Waals surface area contributed by atoms with Crippen LogP contribution in [-0.4, -0.2) is 16.3 Å². The second-order valence-corrected chi connectivity index (χ2v) is 7.54. The zero-order valence-electron chi connectivity index (χ0n) is 16.1. The van der Waals surface area contributed by atoms with Gasteiger partial charge in [-0.05, 0) is 50.6 Å². The first kappa shape index (κ1) is 19.0. The van der Waals surface area contributed by atoms with Gasteiger partial charge in [-0.2, -0.15) is 0 Å². The Morgan fingerprint density at radius 3 is 2.41 bits per heavy atom. The molecule has 0 fully saturated rings. The summed E-state index contributed by atoms with van der Waals surface area (Å²) in [4.78, 5) is 14.6. The molecule has 0 aliphatic carbocycles. The minimum absolute atomic E-state index is 0.0374. The predicted molar refractivity (Wildman–Crippen MR) is 104 cm³/mol. The number of hydrogen-bond donors (Lipinski definition) is 1. The lowest BCUT2D eigenvalue weighted by Crippen LogP contribution is -2.40. The van der Waals surface area contributed by atoms with Gasteiger partial charge in [-0.3, -0.25) is 9.69 Å². The molecule has 0 spiro atoms. The van der Waals surface area contributed by atoms with Gasteiger partial charge in [0.05, 0.1) is 19.4 Å². The van der Waals surface area contributed by atoms with Gasteiger partial charge in [-0.15, -0.1) is 0 Å². The molecule has 0 saturated heterocycles. The molecule has 1 aromatic carbocycles. The predicted octanol–water partition coefficient (Wildman–Crippen LogP) is 4.60. The highest BCUT2D eigenvalue weighted by Crippen LogP contribution is 2.21. The molecule has 0 atom stereocenters. The Hall–Kier alpha value is -2.79. The van der Waals surface area contributed by atoms with Gasteiger partial charge in [-0.25, -0.2) is 0 Å². The summed E-state index contributed by atoms with van der Waals surface area (Å²) in [7, 11) is 0. The van der Waals surface area contributed by atoms with E-state index in [-0.39, 0.29) is 11.4 Å². The maximum atomic E-state index is 12.3. The molecule has 3 rings (SSSR count). The van der Waals surface area contributed by atoms with Crippen LogP contribution in [0.4, 0.5) is 0 Å². The highest BCUT2D eigenvalue weighted by Gasteiger charge is 2.23. The Balaban J connectivity index is 1.64. The van der Waals surface area contributed by atoms with Crippen molar-refractivity contribution in [3.63, 3.8) is 0 Å². The van der Waals surface area contributed by atoms with Crippen LogP contribution < -0.4 is 5.32 Å². The fourth-order valence-electron chi connectivity index (χ4n) is 2.77. The molecule has 1 amide bonds. The summed E-state index contributed by atoms with van der Waals surface area (Å²) in [6.45, 7) is 8.31. The third-order valence-electron chi connectivity index (χ3n) is 4.40. The second kappa shape index (κ2) is 8.27. The summed E-state index contributed by atoms with van der Waals surface area (Å²) in [6, 6.07) is 17.5. The molecule has 3 aromatic rings. The van der Waals surface area contributed by atoms with Crippen molar-refractivity contribution in [3.05, 3.63) is 83.7 Å². The number of rotatable bonds is 7. The average Bonchev–Trinajstić information content (AvgIpc) is 3.31. The Morgan fingerprint density at radius 1 is 0.963 bits per heavy atom. The van der Waals surface area contributed by atoms with Crippen LogP contribution in [0, 0.1) is 0 Å². The molecular weight excluding hydrogens is 340 g/mol. The van der Waals surface area contributed by atoms with Crippen molar-refractivity contribution >= 4 is 5.91 Å². The molecule has 5 nitrogen and oxygen atoms in total. The van der Waals surface area contributed by atoms with Crippen molar-refractivity contribution in [2.45, 2.75) is 45.9 Å². The molecule has 2 heterocycles. The van der Waals surface area contributed by atoms with Crippen molar-refractivity contribution in [1.82, 2.24) is 10.2 Å². The van der Waals surface area contributed by atoms with Crippen molar-refractivity contribution in [1.29, 1.82) is 0 Å². The number of hydrogen-bond acceptors (Lipinski definition) is 4. The Kier molecular flexibility index (Phi) is 5.81. The molecule has 1 N–H and O–H groups in total. The Labute approximate surface area is 160 Å². The third-order valence-corrected chi connectivity index (χ3v) is 4.40. The summed E-state index contributed by atoms with van der Waals surface area (Å²) >= 11 is 0. The molecule has 0 radical (unpaired) electrons. The van der Waals surface area contributed by atoms with Gasteiger partial charge in [0.1, 0.15) is 11.5 Å². The molecule has 0 aliphatic rings. The normalized spacial score (nSPS) is 11.7. The number of amides is 1. The van der Waals surface area contributed by atoms with Crippen LogP contribution in [-0.2, 0) is 19.6 Å². The number of nitrogens with one attached hydrogen (secondary N) is 1. The lowest BCUT2D eigenvalue weighted by atomic mass is 10.0.